The molecule has 0 aliphatic carbocycles. The van der Waals surface area contributed by atoms with E-state index in [1.165, 1.54) is 6.08 Å². The number of rotatable bonds is 5. The molecule has 0 aromatic heterocycles. The molecule has 2 aromatic rings. The van der Waals surface area contributed by atoms with Crippen LogP contribution in [0.4, 0.5) is 0 Å². The Morgan fingerprint density at radius 1 is 1.14 bits per heavy atom. The van der Waals surface area contributed by atoms with Crippen molar-refractivity contribution in [1.82, 2.24) is 0 Å². The third-order valence-corrected chi connectivity index (χ3v) is 3.07. The third-order valence-electron chi connectivity index (χ3n) is 3.07. The van der Waals surface area contributed by atoms with E-state index in [2.05, 4.69) is 13.8 Å². The Morgan fingerprint density at radius 3 is 2.48 bits per heavy atom. The van der Waals surface area contributed by atoms with Crippen LogP contribution in [0.1, 0.15) is 30.9 Å². The first-order valence-corrected chi connectivity index (χ1v) is 6.90. The van der Waals surface area contributed by atoms with Gasteiger partial charge in [0.1, 0.15) is 11.5 Å². The van der Waals surface area contributed by atoms with Crippen molar-refractivity contribution < 1.29 is 9.53 Å². The van der Waals surface area contributed by atoms with Crippen LogP contribution in [-0.4, -0.2) is 5.91 Å². The molecule has 0 unspecified atom stereocenters. The van der Waals surface area contributed by atoms with Gasteiger partial charge >= 0.3 is 0 Å². The lowest BCUT2D eigenvalue weighted by atomic mass is 10.00. The summed E-state index contributed by atoms with van der Waals surface area (Å²) in [6, 6.07) is 15.5. The summed E-state index contributed by atoms with van der Waals surface area (Å²) in [6.45, 7) is 4.23. The van der Waals surface area contributed by atoms with E-state index in [1.54, 1.807) is 6.08 Å². The highest BCUT2D eigenvalue weighted by Crippen LogP contribution is 2.31. The number of primary amides is 1. The predicted molar refractivity (Wildman–Crippen MR) is 85.3 cm³/mol. The number of hydrogen-bond donors (Lipinski definition) is 1. The highest BCUT2D eigenvalue weighted by Gasteiger charge is 2.09. The molecule has 1 amide bonds. The molecule has 0 bridgehead atoms. The van der Waals surface area contributed by atoms with Crippen molar-refractivity contribution in [3.8, 4) is 11.5 Å². The fourth-order valence-electron chi connectivity index (χ4n) is 2.01. The first-order valence-electron chi connectivity index (χ1n) is 6.90. The SMILES string of the molecule is CC(C)c1ccc(C=CC(N)=O)cc1Oc1ccccc1. The minimum atomic E-state index is -0.464. The van der Waals surface area contributed by atoms with E-state index in [-0.39, 0.29) is 0 Å². The molecular formula is C18H19NO2. The first-order chi connectivity index (χ1) is 10.1. The molecule has 2 rings (SSSR count). The van der Waals surface area contributed by atoms with Crippen molar-refractivity contribution in [2.24, 2.45) is 5.73 Å². The number of hydrogen-bond acceptors (Lipinski definition) is 2. The molecule has 0 aliphatic rings. The maximum absolute atomic E-state index is 10.8. The number of amides is 1. The largest absolute Gasteiger partial charge is 0.457 e. The Morgan fingerprint density at radius 2 is 1.86 bits per heavy atom. The molecule has 0 atom stereocenters. The smallest absolute Gasteiger partial charge is 0.241 e. The molecule has 108 valence electrons. The quantitative estimate of drug-likeness (QED) is 0.839. The molecule has 0 spiro atoms. The van der Waals surface area contributed by atoms with Crippen LogP contribution in [0, 0.1) is 0 Å². The summed E-state index contributed by atoms with van der Waals surface area (Å²) in [5.41, 5.74) is 7.12. The molecule has 2 aromatic carbocycles. The summed E-state index contributed by atoms with van der Waals surface area (Å²) in [4.78, 5) is 10.8. The van der Waals surface area contributed by atoms with Gasteiger partial charge in [0.05, 0.1) is 0 Å². The van der Waals surface area contributed by atoms with Crippen LogP contribution in [0.3, 0.4) is 0 Å². The fraction of sp³-hybridized carbons (Fsp3) is 0.167. The average molecular weight is 281 g/mol. The van der Waals surface area contributed by atoms with Crippen LogP contribution in [0.2, 0.25) is 0 Å². The Kier molecular flexibility index (Phi) is 4.77. The summed E-state index contributed by atoms with van der Waals surface area (Å²) in [5.74, 6) is 1.46. The summed E-state index contributed by atoms with van der Waals surface area (Å²) in [5, 5.41) is 0. The molecule has 0 saturated carbocycles. The van der Waals surface area contributed by atoms with Gasteiger partial charge in [-0.3, -0.25) is 4.79 Å². The Hall–Kier alpha value is -2.55. The van der Waals surface area contributed by atoms with Gasteiger partial charge in [0.2, 0.25) is 5.91 Å². The van der Waals surface area contributed by atoms with Gasteiger partial charge in [-0.15, -0.1) is 0 Å². The van der Waals surface area contributed by atoms with Gasteiger partial charge < -0.3 is 10.5 Å². The first kappa shape index (κ1) is 14.9. The molecule has 3 nitrogen and oxygen atoms in total. The van der Waals surface area contributed by atoms with Gasteiger partial charge in [0, 0.05) is 6.08 Å². The lowest BCUT2D eigenvalue weighted by molar-refractivity contribution is -0.113. The topological polar surface area (TPSA) is 52.3 Å². The molecular weight excluding hydrogens is 262 g/mol. The van der Waals surface area contributed by atoms with Gasteiger partial charge in [-0.2, -0.15) is 0 Å². The third kappa shape index (κ3) is 4.21. The van der Waals surface area contributed by atoms with E-state index < -0.39 is 5.91 Å². The summed E-state index contributed by atoms with van der Waals surface area (Å²) in [6.07, 6.45) is 3.03. The van der Waals surface area contributed by atoms with Crippen molar-refractivity contribution >= 4 is 12.0 Å². The minimum Gasteiger partial charge on any atom is -0.457 e. The number of carbonyl (C=O) groups excluding carboxylic acids is 1. The Balaban J connectivity index is 2.35. The second kappa shape index (κ2) is 6.75. The Bertz CT molecular complexity index is 646. The fourth-order valence-corrected chi connectivity index (χ4v) is 2.01. The zero-order chi connectivity index (χ0) is 15.2. The maximum atomic E-state index is 10.8. The summed E-state index contributed by atoms with van der Waals surface area (Å²) in [7, 11) is 0. The van der Waals surface area contributed by atoms with Crippen LogP contribution < -0.4 is 10.5 Å². The van der Waals surface area contributed by atoms with Gasteiger partial charge in [-0.1, -0.05) is 44.2 Å². The standard InChI is InChI=1S/C18H19NO2/c1-13(2)16-10-8-14(9-11-18(19)20)12-17(16)21-15-6-4-3-5-7-15/h3-13H,1-2H3,(H2,19,20). The molecule has 3 heteroatoms. The van der Waals surface area contributed by atoms with E-state index in [9.17, 15) is 4.79 Å². The van der Waals surface area contributed by atoms with Crippen molar-refractivity contribution in [3.63, 3.8) is 0 Å². The minimum absolute atomic E-state index is 0.345. The lowest BCUT2D eigenvalue weighted by Gasteiger charge is -2.14. The van der Waals surface area contributed by atoms with Gasteiger partial charge in [-0.05, 0) is 41.3 Å². The predicted octanol–water partition coefficient (Wildman–Crippen LogP) is 4.10. The van der Waals surface area contributed by atoms with E-state index in [0.717, 1.165) is 22.6 Å². The normalized spacial score (nSPS) is 11.0. The number of nitrogens with two attached hydrogens (primary N) is 1. The van der Waals surface area contributed by atoms with Crippen LogP contribution in [0.5, 0.6) is 11.5 Å². The lowest BCUT2D eigenvalue weighted by Crippen LogP contribution is -2.05. The second-order valence-electron chi connectivity index (χ2n) is 5.10. The number of para-hydroxylation sites is 1. The summed E-state index contributed by atoms with van der Waals surface area (Å²) < 4.78 is 5.97. The van der Waals surface area contributed by atoms with Gasteiger partial charge in [0.15, 0.2) is 0 Å². The molecule has 21 heavy (non-hydrogen) atoms. The van der Waals surface area contributed by atoms with Crippen molar-refractivity contribution in [1.29, 1.82) is 0 Å². The number of benzene rings is 2. The van der Waals surface area contributed by atoms with Gasteiger partial charge in [-0.25, -0.2) is 0 Å². The zero-order valence-electron chi connectivity index (χ0n) is 12.2. The van der Waals surface area contributed by atoms with Crippen molar-refractivity contribution in [2.45, 2.75) is 19.8 Å². The molecule has 0 saturated heterocycles. The highest BCUT2D eigenvalue weighted by atomic mass is 16.5. The van der Waals surface area contributed by atoms with Crippen molar-refractivity contribution in [3.05, 3.63) is 65.7 Å². The zero-order valence-corrected chi connectivity index (χ0v) is 12.2. The van der Waals surface area contributed by atoms with E-state index in [1.807, 2.05) is 48.5 Å². The van der Waals surface area contributed by atoms with Crippen LogP contribution in [0.25, 0.3) is 6.08 Å². The number of ether oxygens (including phenoxy) is 1. The van der Waals surface area contributed by atoms with Crippen LogP contribution >= 0.6 is 0 Å². The second-order valence-corrected chi connectivity index (χ2v) is 5.10. The average Bonchev–Trinajstić information content (AvgIpc) is 2.46. The van der Waals surface area contributed by atoms with E-state index in [4.69, 9.17) is 10.5 Å². The molecule has 0 fully saturated rings. The van der Waals surface area contributed by atoms with Crippen LogP contribution in [0.15, 0.2) is 54.6 Å². The maximum Gasteiger partial charge on any atom is 0.241 e. The molecule has 0 aliphatic heterocycles. The highest BCUT2D eigenvalue weighted by molar-refractivity contribution is 5.90. The van der Waals surface area contributed by atoms with E-state index >= 15 is 0 Å². The molecule has 0 heterocycles. The van der Waals surface area contributed by atoms with Gasteiger partial charge in [0.25, 0.3) is 0 Å². The number of carbonyl (C=O) groups is 1. The molecule has 0 radical (unpaired) electrons. The van der Waals surface area contributed by atoms with Crippen molar-refractivity contribution in [2.75, 3.05) is 0 Å². The molecule has 2 N–H and O–H groups in total. The van der Waals surface area contributed by atoms with Crippen LogP contribution in [-0.2, 0) is 4.79 Å². The monoisotopic (exact) mass is 281 g/mol. The Labute approximate surface area is 125 Å². The summed E-state index contributed by atoms with van der Waals surface area (Å²) >= 11 is 0. The van der Waals surface area contributed by atoms with E-state index in [0.29, 0.717) is 5.92 Å².